The van der Waals surface area contributed by atoms with E-state index in [1.54, 1.807) is 0 Å². The van der Waals surface area contributed by atoms with Gasteiger partial charge in [-0.2, -0.15) is 5.10 Å². The number of rotatable bonds is 2. The molecule has 0 unspecified atom stereocenters. The van der Waals surface area contributed by atoms with Crippen molar-refractivity contribution >= 4 is 0 Å². The van der Waals surface area contributed by atoms with E-state index >= 15 is 0 Å². The van der Waals surface area contributed by atoms with E-state index in [0.29, 0.717) is 5.69 Å². The van der Waals surface area contributed by atoms with Crippen molar-refractivity contribution in [2.24, 2.45) is 0 Å². The lowest BCUT2D eigenvalue weighted by molar-refractivity contribution is -0.0241. The number of hydrogen-bond donors (Lipinski definition) is 3. The molecule has 0 aliphatic carbocycles. The summed E-state index contributed by atoms with van der Waals surface area (Å²) in [7, 11) is 0. The van der Waals surface area contributed by atoms with Crippen molar-refractivity contribution in [3.63, 3.8) is 0 Å². The molecular weight excluding hydrogens is 202 g/mol. The summed E-state index contributed by atoms with van der Waals surface area (Å²) in [6, 6.07) is 0. The van der Waals surface area contributed by atoms with Crippen LogP contribution in [-0.2, 0) is 4.74 Å². The molecule has 1 aromatic heterocycles. The quantitative estimate of drug-likeness (QED) is 0.522. The molecular formula is C8H11N3O4. The minimum atomic E-state index is -1.12. The molecule has 7 nitrogen and oxygen atoms in total. The maximum Gasteiger partial charge on any atom is 0.138 e. The Hall–Kier alpha value is -1.15. The highest BCUT2D eigenvalue weighted by Gasteiger charge is 2.43. The van der Waals surface area contributed by atoms with E-state index in [1.807, 2.05) is 0 Å². The Morgan fingerprint density at radius 2 is 2.07 bits per heavy atom. The number of hydrogen-bond acceptors (Lipinski definition) is 7. The lowest BCUT2D eigenvalue weighted by Crippen LogP contribution is -2.32. The van der Waals surface area contributed by atoms with Gasteiger partial charge in [-0.05, 0) is 0 Å². The summed E-state index contributed by atoms with van der Waals surface area (Å²) in [5, 5.41) is 35.1. The van der Waals surface area contributed by atoms with Crippen LogP contribution in [0.1, 0.15) is 11.8 Å². The number of aliphatic hydroxyl groups is 3. The monoisotopic (exact) mass is 213 g/mol. The Morgan fingerprint density at radius 1 is 1.27 bits per heavy atom. The molecule has 0 amide bonds. The number of aliphatic hydroxyl groups excluding tert-OH is 3. The van der Waals surface area contributed by atoms with Crippen LogP contribution >= 0.6 is 0 Å². The Kier molecular flexibility index (Phi) is 2.87. The topological polar surface area (TPSA) is 109 Å². The van der Waals surface area contributed by atoms with Crippen molar-refractivity contribution in [2.75, 3.05) is 6.61 Å². The summed E-state index contributed by atoms with van der Waals surface area (Å²) in [5.41, 5.74) is 0.382. The molecule has 82 valence electrons. The smallest absolute Gasteiger partial charge is 0.138 e. The normalized spacial score (nSPS) is 35.7. The zero-order valence-corrected chi connectivity index (χ0v) is 7.76. The van der Waals surface area contributed by atoms with Crippen LogP contribution in [0.25, 0.3) is 0 Å². The second-order valence-electron chi connectivity index (χ2n) is 3.29. The molecule has 1 aromatic rings. The highest BCUT2D eigenvalue weighted by molar-refractivity contribution is 5.06. The van der Waals surface area contributed by atoms with E-state index < -0.39 is 24.4 Å². The highest BCUT2D eigenvalue weighted by Crippen LogP contribution is 2.31. The zero-order valence-electron chi connectivity index (χ0n) is 7.76. The number of ether oxygens (including phenoxy) is 1. The molecule has 0 spiro atoms. The molecule has 1 aliphatic heterocycles. The molecule has 3 N–H and O–H groups in total. The molecule has 1 saturated heterocycles. The fourth-order valence-corrected chi connectivity index (χ4v) is 1.54. The standard InChI is InChI=1S/C8H11N3O4/c12-2-5-6(13)7(14)8(15-5)4-1-10-11-3-9-4/h1,3,5-8,12-14H,2H2/t5-,6-,7-,8-/m1/s1. The Balaban J connectivity index is 2.19. The van der Waals surface area contributed by atoms with Crippen LogP contribution in [-0.4, -0.2) is 55.4 Å². The molecule has 2 rings (SSSR count). The van der Waals surface area contributed by atoms with Crippen molar-refractivity contribution in [3.8, 4) is 0 Å². The predicted molar refractivity (Wildman–Crippen MR) is 46.5 cm³/mol. The van der Waals surface area contributed by atoms with Crippen LogP contribution in [0.3, 0.4) is 0 Å². The summed E-state index contributed by atoms with van der Waals surface area (Å²) in [4.78, 5) is 3.86. The molecule has 7 heteroatoms. The fraction of sp³-hybridized carbons (Fsp3) is 0.625. The molecule has 0 bridgehead atoms. The highest BCUT2D eigenvalue weighted by atomic mass is 16.6. The summed E-state index contributed by atoms with van der Waals surface area (Å²) in [6.07, 6.45) is -1.22. The van der Waals surface area contributed by atoms with Crippen LogP contribution < -0.4 is 0 Å². The molecule has 0 radical (unpaired) electrons. The largest absolute Gasteiger partial charge is 0.394 e. The molecule has 15 heavy (non-hydrogen) atoms. The molecule has 2 heterocycles. The van der Waals surface area contributed by atoms with Crippen LogP contribution in [0, 0.1) is 0 Å². The molecule has 0 aromatic carbocycles. The molecule has 1 aliphatic rings. The first-order valence-electron chi connectivity index (χ1n) is 4.49. The van der Waals surface area contributed by atoms with Crippen LogP contribution in [0.4, 0.5) is 0 Å². The number of aromatic nitrogens is 3. The van der Waals surface area contributed by atoms with Gasteiger partial charge >= 0.3 is 0 Å². The first-order chi connectivity index (χ1) is 7.24. The van der Waals surface area contributed by atoms with Crippen LogP contribution in [0.2, 0.25) is 0 Å². The van der Waals surface area contributed by atoms with Crippen molar-refractivity contribution < 1.29 is 20.1 Å². The molecule has 1 fully saturated rings. The van der Waals surface area contributed by atoms with Gasteiger partial charge in [0.15, 0.2) is 0 Å². The molecule has 0 saturated carbocycles. The summed E-state index contributed by atoms with van der Waals surface area (Å²) in [6.45, 7) is -0.354. The van der Waals surface area contributed by atoms with Gasteiger partial charge in [0.25, 0.3) is 0 Å². The lowest BCUT2D eigenvalue weighted by atomic mass is 10.1. The number of nitrogens with zero attached hydrogens (tertiary/aromatic N) is 3. The minimum absolute atomic E-state index is 0.354. The van der Waals surface area contributed by atoms with E-state index in [2.05, 4.69) is 15.2 Å². The van der Waals surface area contributed by atoms with E-state index in [4.69, 9.17) is 9.84 Å². The third-order valence-electron chi connectivity index (χ3n) is 2.35. The Labute approximate surface area is 85.4 Å². The Morgan fingerprint density at radius 3 is 2.60 bits per heavy atom. The van der Waals surface area contributed by atoms with Gasteiger partial charge in [0.2, 0.25) is 0 Å². The second-order valence-corrected chi connectivity index (χ2v) is 3.29. The molecule has 4 atom stereocenters. The predicted octanol–water partition coefficient (Wildman–Crippen LogP) is -1.97. The average molecular weight is 213 g/mol. The van der Waals surface area contributed by atoms with Crippen LogP contribution in [0.15, 0.2) is 12.5 Å². The first kappa shape index (κ1) is 10.4. The van der Waals surface area contributed by atoms with Gasteiger partial charge in [-0.25, -0.2) is 4.98 Å². The van der Waals surface area contributed by atoms with Crippen molar-refractivity contribution in [3.05, 3.63) is 18.2 Å². The summed E-state index contributed by atoms with van der Waals surface area (Å²) in [5.74, 6) is 0. The summed E-state index contributed by atoms with van der Waals surface area (Å²) >= 11 is 0. The maximum atomic E-state index is 9.64. The minimum Gasteiger partial charge on any atom is -0.394 e. The van der Waals surface area contributed by atoms with Gasteiger partial charge in [-0.1, -0.05) is 0 Å². The Bertz CT molecular complexity index is 323. The van der Waals surface area contributed by atoms with E-state index in [9.17, 15) is 10.2 Å². The average Bonchev–Trinajstić information content (AvgIpc) is 2.57. The van der Waals surface area contributed by atoms with Gasteiger partial charge in [0.05, 0.1) is 18.5 Å². The second kappa shape index (κ2) is 4.15. The maximum absolute atomic E-state index is 9.64. The van der Waals surface area contributed by atoms with Gasteiger partial charge in [-0.15, -0.1) is 5.10 Å². The third kappa shape index (κ3) is 1.82. The van der Waals surface area contributed by atoms with Gasteiger partial charge in [0.1, 0.15) is 30.7 Å². The van der Waals surface area contributed by atoms with Crippen molar-refractivity contribution in [1.29, 1.82) is 0 Å². The van der Waals surface area contributed by atoms with Crippen LogP contribution in [0.5, 0.6) is 0 Å². The first-order valence-corrected chi connectivity index (χ1v) is 4.49. The summed E-state index contributed by atoms with van der Waals surface area (Å²) < 4.78 is 5.24. The zero-order chi connectivity index (χ0) is 10.8. The van der Waals surface area contributed by atoms with Gasteiger partial charge in [0, 0.05) is 0 Å². The van der Waals surface area contributed by atoms with E-state index in [0.717, 1.165) is 0 Å². The van der Waals surface area contributed by atoms with E-state index in [1.165, 1.54) is 12.5 Å². The van der Waals surface area contributed by atoms with E-state index in [-0.39, 0.29) is 6.61 Å². The van der Waals surface area contributed by atoms with Crippen molar-refractivity contribution in [1.82, 2.24) is 15.2 Å². The van der Waals surface area contributed by atoms with Gasteiger partial charge < -0.3 is 20.1 Å². The SMILES string of the molecule is OC[C@H]1O[C@H](c2cnncn2)[C@H](O)[C@@H]1O. The fourth-order valence-electron chi connectivity index (χ4n) is 1.54. The lowest BCUT2D eigenvalue weighted by Gasteiger charge is -2.12. The van der Waals surface area contributed by atoms with Gasteiger partial charge in [-0.3, -0.25) is 0 Å². The van der Waals surface area contributed by atoms with Crippen molar-refractivity contribution in [2.45, 2.75) is 24.4 Å². The third-order valence-corrected chi connectivity index (χ3v) is 2.35.